The van der Waals surface area contributed by atoms with E-state index in [0.717, 1.165) is 17.4 Å². The molecule has 2 aliphatic heterocycles. The van der Waals surface area contributed by atoms with Gasteiger partial charge in [0.25, 0.3) is 0 Å². The molecule has 1 N–H and O–H groups in total. The Bertz CT molecular complexity index is 411. The van der Waals surface area contributed by atoms with Gasteiger partial charge in [0.05, 0.1) is 12.2 Å². The van der Waals surface area contributed by atoms with Crippen LogP contribution in [0, 0.1) is 0 Å². The summed E-state index contributed by atoms with van der Waals surface area (Å²) in [6.45, 7) is 2.69. The molecule has 2 heterocycles. The van der Waals surface area contributed by atoms with Crippen LogP contribution >= 0.6 is 15.9 Å². The Labute approximate surface area is 110 Å². The van der Waals surface area contributed by atoms with E-state index in [1.165, 1.54) is 5.56 Å². The lowest BCUT2D eigenvalue weighted by Crippen LogP contribution is -2.46. The molecule has 0 aromatic heterocycles. The Morgan fingerprint density at radius 1 is 1.41 bits per heavy atom. The Balaban J connectivity index is 1.83. The fourth-order valence-electron chi connectivity index (χ4n) is 2.93. The van der Waals surface area contributed by atoms with Gasteiger partial charge in [0.2, 0.25) is 0 Å². The molecule has 0 saturated carbocycles. The molecule has 2 bridgehead atoms. The van der Waals surface area contributed by atoms with Crippen molar-refractivity contribution in [2.75, 3.05) is 6.54 Å². The first-order chi connectivity index (χ1) is 8.15. The maximum absolute atomic E-state index is 9.75. The summed E-state index contributed by atoms with van der Waals surface area (Å²) in [5.74, 6) is 0. The van der Waals surface area contributed by atoms with Crippen LogP contribution in [-0.4, -0.2) is 35.6 Å². The van der Waals surface area contributed by atoms with Crippen molar-refractivity contribution in [3.63, 3.8) is 0 Å². The number of hydrogen-bond donors (Lipinski definition) is 1. The fraction of sp³-hybridized carbons (Fsp3) is 0.500. The van der Waals surface area contributed by atoms with Gasteiger partial charge in [-0.1, -0.05) is 28.1 Å². The van der Waals surface area contributed by atoms with Gasteiger partial charge in [-0.25, -0.2) is 0 Å². The Morgan fingerprint density at radius 2 is 2.12 bits per heavy atom. The zero-order valence-electron chi connectivity index (χ0n) is 9.71. The number of morpholine rings is 1. The number of ether oxygens (including phenoxy) is 1. The molecular formula is C12H15BBrNO2. The molecule has 90 valence electrons. The zero-order valence-corrected chi connectivity index (χ0v) is 11.3. The van der Waals surface area contributed by atoms with Crippen molar-refractivity contribution in [2.45, 2.75) is 31.5 Å². The standard InChI is InChI=1S/C12H15BBrNO2/c1-13(16)15-7-10-6-11(15)12(17-10)8-2-4-9(14)5-3-8/h2-5,10-12,16H,6-7H2,1H3. The predicted octanol–water partition coefficient (Wildman–Crippen LogP) is 2.07. The second-order valence-electron chi connectivity index (χ2n) is 4.86. The minimum atomic E-state index is -0.383. The minimum absolute atomic E-state index is 0.108. The van der Waals surface area contributed by atoms with Crippen LogP contribution in [0.3, 0.4) is 0 Å². The number of benzene rings is 1. The molecule has 17 heavy (non-hydrogen) atoms. The molecule has 3 unspecified atom stereocenters. The average Bonchev–Trinajstić information content (AvgIpc) is 2.89. The highest BCUT2D eigenvalue weighted by Crippen LogP contribution is 2.42. The predicted molar refractivity (Wildman–Crippen MR) is 70.7 cm³/mol. The molecule has 0 aliphatic carbocycles. The molecule has 2 fully saturated rings. The largest absolute Gasteiger partial charge is 0.437 e. The molecule has 0 spiro atoms. The molecule has 0 amide bonds. The van der Waals surface area contributed by atoms with Crippen LogP contribution in [0.4, 0.5) is 0 Å². The molecule has 3 atom stereocenters. The highest BCUT2D eigenvalue weighted by molar-refractivity contribution is 9.10. The normalized spacial score (nSPS) is 32.1. The van der Waals surface area contributed by atoms with E-state index in [1.807, 2.05) is 19.0 Å². The van der Waals surface area contributed by atoms with E-state index in [-0.39, 0.29) is 19.3 Å². The van der Waals surface area contributed by atoms with E-state index >= 15 is 0 Å². The van der Waals surface area contributed by atoms with Gasteiger partial charge in [-0.15, -0.1) is 0 Å². The van der Waals surface area contributed by atoms with Crippen molar-refractivity contribution in [3.05, 3.63) is 34.3 Å². The first kappa shape index (κ1) is 11.7. The van der Waals surface area contributed by atoms with Gasteiger partial charge in [0, 0.05) is 17.1 Å². The molecule has 2 saturated heterocycles. The molecule has 2 aliphatic rings. The van der Waals surface area contributed by atoms with Gasteiger partial charge in [-0.05, 0) is 30.9 Å². The van der Waals surface area contributed by atoms with Gasteiger partial charge >= 0.3 is 7.05 Å². The van der Waals surface area contributed by atoms with Crippen molar-refractivity contribution >= 4 is 23.0 Å². The lowest BCUT2D eigenvalue weighted by atomic mass is 9.82. The van der Waals surface area contributed by atoms with E-state index in [0.29, 0.717) is 6.04 Å². The van der Waals surface area contributed by atoms with Crippen molar-refractivity contribution in [1.82, 2.24) is 4.81 Å². The Morgan fingerprint density at radius 3 is 2.71 bits per heavy atom. The summed E-state index contributed by atoms with van der Waals surface area (Å²) in [5, 5.41) is 9.75. The minimum Gasteiger partial charge on any atom is -0.437 e. The summed E-state index contributed by atoms with van der Waals surface area (Å²) >= 11 is 3.44. The van der Waals surface area contributed by atoms with Gasteiger partial charge < -0.3 is 14.6 Å². The van der Waals surface area contributed by atoms with Crippen molar-refractivity contribution in [3.8, 4) is 0 Å². The quantitative estimate of drug-likeness (QED) is 0.848. The van der Waals surface area contributed by atoms with Gasteiger partial charge in [0.15, 0.2) is 0 Å². The van der Waals surface area contributed by atoms with Gasteiger partial charge in [-0.2, -0.15) is 0 Å². The lowest BCUT2D eigenvalue weighted by molar-refractivity contribution is -0.0152. The van der Waals surface area contributed by atoms with E-state index in [1.54, 1.807) is 0 Å². The Hall–Kier alpha value is -0.355. The van der Waals surface area contributed by atoms with Crippen LogP contribution < -0.4 is 0 Å². The number of rotatable bonds is 2. The topological polar surface area (TPSA) is 32.7 Å². The third-order valence-electron chi connectivity index (χ3n) is 3.71. The monoisotopic (exact) mass is 295 g/mol. The summed E-state index contributed by atoms with van der Waals surface area (Å²) in [6.07, 6.45) is 1.42. The van der Waals surface area contributed by atoms with E-state index in [9.17, 15) is 5.02 Å². The number of halogens is 1. The summed E-state index contributed by atoms with van der Waals surface area (Å²) in [7, 11) is -0.383. The first-order valence-electron chi connectivity index (χ1n) is 6.00. The van der Waals surface area contributed by atoms with Crippen molar-refractivity contribution in [2.24, 2.45) is 0 Å². The second-order valence-corrected chi connectivity index (χ2v) is 5.78. The van der Waals surface area contributed by atoms with E-state index in [2.05, 4.69) is 32.9 Å². The van der Waals surface area contributed by atoms with Gasteiger partial charge in [0.1, 0.15) is 0 Å². The third-order valence-corrected chi connectivity index (χ3v) is 4.24. The molecule has 3 nitrogen and oxygen atoms in total. The second kappa shape index (κ2) is 4.39. The van der Waals surface area contributed by atoms with Crippen LogP contribution in [0.1, 0.15) is 18.1 Å². The maximum Gasteiger partial charge on any atom is 0.376 e. The summed E-state index contributed by atoms with van der Waals surface area (Å²) in [4.78, 5) is 2.14. The molecule has 1 aromatic rings. The molecule has 3 rings (SSSR count). The average molecular weight is 296 g/mol. The van der Waals surface area contributed by atoms with Crippen LogP contribution in [0.2, 0.25) is 6.82 Å². The smallest absolute Gasteiger partial charge is 0.376 e. The van der Waals surface area contributed by atoms with Crippen LogP contribution in [0.5, 0.6) is 0 Å². The van der Waals surface area contributed by atoms with Crippen LogP contribution in [-0.2, 0) is 4.74 Å². The lowest BCUT2D eigenvalue weighted by Gasteiger charge is -2.34. The highest BCUT2D eigenvalue weighted by atomic mass is 79.9. The van der Waals surface area contributed by atoms with Crippen LogP contribution in [0.25, 0.3) is 0 Å². The number of hydrogen-bond acceptors (Lipinski definition) is 3. The molecule has 0 radical (unpaired) electrons. The first-order valence-corrected chi connectivity index (χ1v) is 6.79. The highest BCUT2D eigenvalue weighted by Gasteiger charge is 2.48. The summed E-state index contributed by atoms with van der Waals surface area (Å²) in [6, 6.07) is 8.58. The van der Waals surface area contributed by atoms with Gasteiger partial charge in [-0.3, -0.25) is 0 Å². The van der Waals surface area contributed by atoms with E-state index < -0.39 is 0 Å². The molecule has 1 aromatic carbocycles. The zero-order chi connectivity index (χ0) is 12.0. The summed E-state index contributed by atoms with van der Waals surface area (Å²) in [5.41, 5.74) is 1.20. The SMILES string of the molecule is CB(O)N1CC2CC1C(c1ccc(Br)cc1)O2. The van der Waals surface area contributed by atoms with Crippen molar-refractivity contribution in [1.29, 1.82) is 0 Å². The van der Waals surface area contributed by atoms with E-state index in [4.69, 9.17) is 4.74 Å². The fourth-order valence-corrected chi connectivity index (χ4v) is 3.19. The Kier molecular flexibility index (Phi) is 3.03. The maximum atomic E-state index is 9.75. The summed E-state index contributed by atoms with van der Waals surface area (Å²) < 4.78 is 7.08. The molecule has 5 heteroatoms. The van der Waals surface area contributed by atoms with Crippen LogP contribution in [0.15, 0.2) is 28.7 Å². The third kappa shape index (κ3) is 2.06. The number of fused-ring (bicyclic) bond motifs is 2. The molecular weight excluding hydrogens is 281 g/mol. The van der Waals surface area contributed by atoms with Crippen molar-refractivity contribution < 1.29 is 9.76 Å². The number of nitrogens with zero attached hydrogens (tertiary/aromatic N) is 1.